The maximum absolute atomic E-state index is 5.68. The molecule has 0 spiro atoms. The van der Waals surface area contributed by atoms with Gasteiger partial charge >= 0.3 is 0 Å². The van der Waals surface area contributed by atoms with Gasteiger partial charge in [0, 0.05) is 6.92 Å². The molecule has 1 atom stereocenters. The molecule has 0 fully saturated rings. The fourth-order valence-corrected chi connectivity index (χ4v) is 0.830. The summed E-state index contributed by atoms with van der Waals surface area (Å²) >= 11 is 0. The van der Waals surface area contributed by atoms with Gasteiger partial charge in [-0.2, -0.15) is 0 Å². The average molecular weight is 174 g/mol. The quantitative estimate of drug-likeness (QED) is 0.341. The van der Waals surface area contributed by atoms with Gasteiger partial charge in [0.05, 0.1) is 27.7 Å². The fourth-order valence-electron chi connectivity index (χ4n) is 0.830. The van der Waals surface area contributed by atoms with E-state index in [2.05, 4.69) is 35.0 Å². The molecule has 0 aromatic heterocycles. The lowest BCUT2D eigenvalue weighted by Crippen LogP contribution is -2.44. The van der Waals surface area contributed by atoms with Crippen LogP contribution in [0.2, 0.25) is 0 Å². The first kappa shape index (κ1) is 11.9. The van der Waals surface area contributed by atoms with E-state index >= 15 is 0 Å². The summed E-state index contributed by atoms with van der Waals surface area (Å²) in [5.74, 6) is 0. The van der Waals surface area contributed by atoms with Crippen molar-refractivity contribution >= 4 is 0 Å². The van der Waals surface area contributed by atoms with Crippen LogP contribution in [0, 0.1) is 0 Å². The molecule has 0 aromatic rings. The Morgan fingerprint density at radius 1 is 1.17 bits per heavy atom. The topological polar surface area (TPSA) is 9.23 Å². The molecule has 0 bridgehead atoms. The SMILES string of the molecule is CCCCCOC(C)[N+](C)(C)C. The van der Waals surface area contributed by atoms with Crippen LogP contribution < -0.4 is 0 Å². The van der Waals surface area contributed by atoms with Gasteiger partial charge in [0.2, 0.25) is 0 Å². The van der Waals surface area contributed by atoms with Crippen LogP contribution in [0.1, 0.15) is 33.1 Å². The van der Waals surface area contributed by atoms with E-state index in [4.69, 9.17) is 4.74 Å². The van der Waals surface area contributed by atoms with E-state index in [1.165, 1.54) is 19.3 Å². The monoisotopic (exact) mass is 174 g/mol. The Bertz CT molecular complexity index is 107. The Labute approximate surface area is 77.1 Å². The Morgan fingerprint density at radius 3 is 2.17 bits per heavy atom. The van der Waals surface area contributed by atoms with Crippen LogP contribution in [-0.4, -0.2) is 38.5 Å². The van der Waals surface area contributed by atoms with Crippen molar-refractivity contribution in [2.75, 3.05) is 27.7 Å². The summed E-state index contributed by atoms with van der Waals surface area (Å²) in [4.78, 5) is 0. The Kier molecular flexibility index (Phi) is 5.51. The van der Waals surface area contributed by atoms with Gasteiger partial charge in [-0.3, -0.25) is 0 Å². The first-order valence-electron chi connectivity index (χ1n) is 4.91. The predicted molar refractivity (Wildman–Crippen MR) is 53.0 cm³/mol. The van der Waals surface area contributed by atoms with Crippen molar-refractivity contribution in [1.82, 2.24) is 0 Å². The molecule has 0 aliphatic heterocycles. The zero-order valence-electron chi connectivity index (χ0n) is 9.26. The third-order valence-electron chi connectivity index (χ3n) is 2.20. The molecule has 0 radical (unpaired) electrons. The smallest absolute Gasteiger partial charge is 0.189 e. The zero-order valence-corrected chi connectivity index (χ0v) is 9.26. The fraction of sp³-hybridized carbons (Fsp3) is 1.00. The summed E-state index contributed by atoms with van der Waals surface area (Å²) in [5, 5.41) is 0. The normalized spacial score (nSPS) is 14.8. The summed E-state index contributed by atoms with van der Waals surface area (Å²) in [6.07, 6.45) is 4.05. The molecule has 0 aliphatic rings. The molecule has 2 heteroatoms. The number of quaternary nitrogens is 1. The van der Waals surface area contributed by atoms with Crippen molar-refractivity contribution in [2.24, 2.45) is 0 Å². The summed E-state index contributed by atoms with van der Waals surface area (Å²) in [6.45, 7) is 5.25. The van der Waals surface area contributed by atoms with E-state index < -0.39 is 0 Å². The molecule has 2 nitrogen and oxygen atoms in total. The summed E-state index contributed by atoms with van der Waals surface area (Å²) < 4.78 is 6.56. The van der Waals surface area contributed by atoms with E-state index in [1.54, 1.807) is 0 Å². The van der Waals surface area contributed by atoms with Crippen LogP contribution in [0.4, 0.5) is 0 Å². The van der Waals surface area contributed by atoms with Gasteiger partial charge in [-0.15, -0.1) is 0 Å². The Balaban J connectivity index is 3.38. The van der Waals surface area contributed by atoms with Crippen LogP contribution in [0.15, 0.2) is 0 Å². The lowest BCUT2D eigenvalue weighted by Gasteiger charge is -2.31. The minimum Gasteiger partial charge on any atom is -0.329 e. The van der Waals surface area contributed by atoms with E-state index in [-0.39, 0.29) is 0 Å². The van der Waals surface area contributed by atoms with Crippen molar-refractivity contribution < 1.29 is 9.22 Å². The minimum absolute atomic E-state index is 0.307. The highest BCUT2D eigenvalue weighted by Crippen LogP contribution is 2.05. The van der Waals surface area contributed by atoms with E-state index in [0.717, 1.165) is 11.1 Å². The Hall–Kier alpha value is -0.0800. The molecular formula is C10H24NO+. The molecule has 0 N–H and O–H groups in total. The first-order valence-corrected chi connectivity index (χ1v) is 4.91. The van der Waals surface area contributed by atoms with E-state index in [9.17, 15) is 0 Å². The first-order chi connectivity index (χ1) is 5.48. The second kappa shape index (κ2) is 5.55. The number of rotatable bonds is 6. The maximum Gasteiger partial charge on any atom is 0.189 e. The van der Waals surface area contributed by atoms with E-state index in [1.807, 2.05) is 0 Å². The van der Waals surface area contributed by atoms with Gasteiger partial charge in [0.15, 0.2) is 6.23 Å². The van der Waals surface area contributed by atoms with Gasteiger partial charge in [0.1, 0.15) is 0 Å². The molecule has 12 heavy (non-hydrogen) atoms. The van der Waals surface area contributed by atoms with Crippen molar-refractivity contribution in [3.8, 4) is 0 Å². The van der Waals surface area contributed by atoms with Crippen molar-refractivity contribution in [3.05, 3.63) is 0 Å². The highest BCUT2D eigenvalue weighted by Gasteiger charge is 2.17. The van der Waals surface area contributed by atoms with Gasteiger partial charge < -0.3 is 9.22 Å². The Morgan fingerprint density at radius 2 is 1.75 bits per heavy atom. The van der Waals surface area contributed by atoms with Crippen LogP contribution in [0.25, 0.3) is 0 Å². The highest BCUT2D eigenvalue weighted by molar-refractivity contribution is 4.37. The molecule has 0 aromatic carbocycles. The molecule has 0 saturated heterocycles. The third kappa shape index (κ3) is 5.56. The summed E-state index contributed by atoms with van der Waals surface area (Å²) in [7, 11) is 6.47. The van der Waals surface area contributed by atoms with Crippen molar-refractivity contribution in [3.63, 3.8) is 0 Å². The largest absolute Gasteiger partial charge is 0.329 e. The standard InChI is InChI=1S/C10H24NO/c1-6-7-8-9-12-10(2)11(3,4)5/h10H,6-9H2,1-5H3/q+1. The molecule has 74 valence electrons. The molecule has 0 aliphatic carbocycles. The maximum atomic E-state index is 5.68. The lowest BCUT2D eigenvalue weighted by molar-refractivity contribution is -0.917. The second-order valence-electron chi connectivity index (χ2n) is 4.29. The number of unbranched alkanes of at least 4 members (excludes halogenated alkanes) is 2. The minimum atomic E-state index is 0.307. The predicted octanol–water partition coefficient (Wildman–Crippen LogP) is 2.25. The van der Waals surface area contributed by atoms with Crippen LogP contribution in [0.5, 0.6) is 0 Å². The number of hydrogen-bond acceptors (Lipinski definition) is 1. The molecule has 0 heterocycles. The van der Waals surface area contributed by atoms with Crippen molar-refractivity contribution in [2.45, 2.75) is 39.3 Å². The van der Waals surface area contributed by atoms with Crippen LogP contribution in [0.3, 0.4) is 0 Å². The molecule has 0 rings (SSSR count). The molecule has 0 saturated carbocycles. The summed E-state index contributed by atoms with van der Waals surface area (Å²) in [5.41, 5.74) is 0. The molecule has 1 unspecified atom stereocenters. The number of nitrogens with zero attached hydrogens (tertiary/aromatic N) is 1. The second-order valence-corrected chi connectivity index (χ2v) is 4.29. The van der Waals surface area contributed by atoms with Gasteiger partial charge in [-0.05, 0) is 6.42 Å². The lowest BCUT2D eigenvalue weighted by atomic mass is 10.3. The van der Waals surface area contributed by atoms with Gasteiger partial charge in [0.25, 0.3) is 0 Å². The van der Waals surface area contributed by atoms with Gasteiger partial charge in [-0.25, -0.2) is 0 Å². The number of hydrogen-bond donors (Lipinski definition) is 0. The highest BCUT2D eigenvalue weighted by atomic mass is 16.5. The summed E-state index contributed by atoms with van der Waals surface area (Å²) in [6, 6.07) is 0. The number of ether oxygens (including phenoxy) is 1. The van der Waals surface area contributed by atoms with Crippen LogP contribution >= 0.6 is 0 Å². The molecular weight excluding hydrogens is 150 g/mol. The van der Waals surface area contributed by atoms with Crippen molar-refractivity contribution in [1.29, 1.82) is 0 Å². The van der Waals surface area contributed by atoms with Gasteiger partial charge in [-0.1, -0.05) is 19.8 Å². The third-order valence-corrected chi connectivity index (χ3v) is 2.20. The van der Waals surface area contributed by atoms with E-state index in [0.29, 0.717) is 6.23 Å². The molecule has 0 amide bonds. The zero-order chi connectivity index (χ0) is 9.61. The van der Waals surface area contributed by atoms with Crippen LogP contribution in [-0.2, 0) is 4.74 Å². The average Bonchev–Trinajstić information content (AvgIpc) is 1.96.